The lowest BCUT2D eigenvalue weighted by Gasteiger charge is -2.20. The Hall–Kier alpha value is -1.26. The summed E-state index contributed by atoms with van der Waals surface area (Å²) in [7, 11) is 0. The van der Waals surface area contributed by atoms with Gasteiger partial charge in [-0.15, -0.1) is 0 Å². The molecule has 0 amide bonds. The second kappa shape index (κ2) is 3.64. The smallest absolute Gasteiger partial charge is 0.333 e. The van der Waals surface area contributed by atoms with Crippen molar-refractivity contribution in [3.63, 3.8) is 0 Å². The fourth-order valence-corrected chi connectivity index (χ4v) is 2.15. The van der Waals surface area contributed by atoms with Gasteiger partial charge in [-0.05, 0) is 25.0 Å². The van der Waals surface area contributed by atoms with Crippen molar-refractivity contribution in [3.8, 4) is 5.75 Å². The number of hydrogen-bond acceptors (Lipinski definition) is 3. The van der Waals surface area contributed by atoms with Gasteiger partial charge in [0.15, 0.2) is 6.10 Å². The van der Waals surface area contributed by atoms with E-state index in [-0.39, 0.29) is 5.75 Å². The number of aliphatic carboxylic acids is 1. The van der Waals surface area contributed by atoms with Crippen molar-refractivity contribution >= 4 is 17.6 Å². The van der Waals surface area contributed by atoms with E-state index in [2.05, 4.69) is 0 Å². The van der Waals surface area contributed by atoms with Gasteiger partial charge in [-0.2, -0.15) is 0 Å². The highest BCUT2D eigenvalue weighted by Gasteiger charge is 2.54. The number of phenols is 1. The molecule has 1 unspecified atom stereocenters. The minimum atomic E-state index is -1.49. The van der Waals surface area contributed by atoms with Crippen LogP contribution in [0.2, 0.25) is 5.02 Å². The van der Waals surface area contributed by atoms with E-state index in [0.29, 0.717) is 23.4 Å². The van der Waals surface area contributed by atoms with Crippen LogP contribution in [0, 0.1) is 0 Å². The van der Waals surface area contributed by atoms with Crippen LogP contribution < -0.4 is 0 Å². The molecular formula is C11H11ClO4. The molecule has 0 radical (unpaired) electrons. The fourth-order valence-electron chi connectivity index (χ4n) is 1.99. The van der Waals surface area contributed by atoms with Gasteiger partial charge < -0.3 is 15.3 Å². The molecular weight excluding hydrogens is 232 g/mol. The first-order valence-corrected chi connectivity index (χ1v) is 5.25. The van der Waals surface area contributed by atoms with Gasteiger partial charge in [-0.25, -0.2) is 4.79 Å². The number of aromatic hydroxyl groups is 1. The Morgan fingerprint density at radius 1 is 1.44 bits per heavy atom. The quantitative estimate of drug-likeness (QED) is 0.751. The second-order valence-electron chi connectivity index (χ2n) is 4.06. The van der Waals surface area contributed by atoms with E-state index in [4.69, 9.17) is 16.7 Å². The minimum Gasteiger partial charge on any atom is -0.508 e. The highest BCUT2D eigenvalue weighted by molar-refractivity contribution is 6.30. The molecule has 86 valence electrons. The molecule has 1 aliphatic rings. The molecule has 1 atom stereocenters. The maximum atomic E-state index is 10.8. The third kappa shape index (κ3) is 1.64. The Kier molecular flexibility index (Phi) is 2.56. The van der Waals surface area contributed by atoms with E-state index in [9.17, 15) is 15.0 Å². The van der Waals surface area contributed by atoms with Crippen LogP contribution in [0.1, 0.15) is 18.4 Å². The summed E-state index contributed by atoms with van der Waals surface area (Å²) in [5.41, 5.74) is -0.396. The normalized spacial score (nSPS) is 19.1. The van der Waals surface area contributed by atoms with Crippen LogP contribution in [0.5, 0.6) is 5.75 Å². The molecule has 16 heavy (non-hydrogen) atoms. The first kappa shape index (κ1) is 11.2. The number of halogens is 1. The number of hydrogen-bond donors (Lipinski definition) is 3. The molecule has 0 bridgehead atoms. The molecule has 1 saturated carbocycles. The van der Waals surface area contributed by atoms with Crippen LogP contribution in [0.3, 0.4) is 0 Å². The summed E-state index contributed by atoms with van der Waals surface area (Å²) < 4.78 is 0. The molecule has 1 aliphatic carbocycles. The minimum absolute atomic E-state index is 0.0645. The Labute approximate surface area is 97.1 Å². The van der Waals surface area contributed by atoms with Crippen molar-refractivity contribution in [2.24, 2.45) is 0 Å². The largest absolute Gasteiger partial charge is 0.508 e. The molecule has 0 heterocycles. The van der Waals surface area contributed by atoms with Gasteiger partial charge in [0.25, 0.3) is 0 Å². The Balaban J connectivity index is 2.40. The number of carbonyl (C=O) groups is 1. The number of benzene rings is 1. The average Bonchev–Trinajstić information content (AvgIpc) is 2.97. The topological polar surface area (TPSA) is 77.8 Å². The number of aliphatic hydroxyl groups is 1. The van der Waals surface area contributed by atoms with Crippen LogP contribution in [-0.2, 0) is 10.2 Å². The average molecular weight is 243 g/mol. The second-order valence-corrected chi connectivity index (χ2v) is 4.49. The molecule has 0 spiro atoms. The van der Waals surface area contributed by atoms with E-state index in [1.165, 1.54) is 6.07 Å². The first-order chi connectivity index (χ1) is 7.47. The number of carboxylic acids is 1. The van der Waals surface area contributed by atoms with Gasteiger partial charge in [-0.1, -0.05) is 17.7 Å². The Bertz CT molecular complexity index is 440. The van der Waals surface area contributed by atoms with Gasteiger partial charge in [0.05, 0.1) is 0 Å². The molecule has 1 aromatic carbocycles. The monoisotopic (exact) mass is 242 g/mol. The van der Waals surface area contributed by atoms with Crippen LogP contribution in [0.15, 0.2) is 18.2 Å². The lowest BCUT2D eigenvalue weighted by Crippen LogP contribution is -2.33. The molecule has 0 aliphatic heterocycles. The van der Waals surface area contributed by atoms with Crippen molar-refractivity contribution in [2.45, 2.75) is 24.4 Å². The van der Waals surface area contributed by atoms with E-state index in [1.807, 2.05) is 0 Å². The summed E-state index contributed by atoms with van der Waals surface area (Å²) in [6.45, 7) is 0. The zero-order chi connectivity index (χ0) is 11.9. The van der Waals surface area contributed by atoms with Gasteiger partial charge in [0.1, 0.15) is 5.75 Å². The van der Waals surface area contributed by atoms with Crippen LogP contribution in [0.4, 0.5) is 0 Å². The van der Waals surface area contributed by atoms with E-state index in [1.54, 1.807) is 12.1 Å². The number of rotatable bonds is 3. The van der Waals surface area contributed by atoms with E-state index < -0.39 is 17.5 Å². The third-order valence-electron chi connectivity index (χ3n) is 3.04. The van der Waals surface area contributed by atoms with Gasteiger partial charge in [0.2, 0.25) is 0 Å². The van der Waals surface area contributed by atoms with Crippen LogP contribution in [-0.4, -0.2) is 27.4 Å². The van der Waals surface area contributed by atoms with Gasteiger partial charge in [-0.3, -0.25) is 0 Å². The number of carboxylic acid groups (broad SMARTS) is 1. The predicted octanol–water partition coefficient (Wildman–Crippen LogP) is 1.52. The number of phenolic OH excluding ortho intramolecular Hbond substituents is 1. The molecule has 5 heteroatoms. The number of aliphatic hydroxyl groups excluding tert-OH is 1. The molecule has 4 nitrogen and oxygen atoms in total. The zero-order valence-electron chi connectivity index (χ0n) is 8.35. The van der Waals surface area contributed by atoms with Gasteiger partial charge in [0, 0.05) is 16.0 Å². The fraction of sp³-hybridized carbons (Fsp3) is 0.364. The summed E-state index contributed by atoms with van der Waals surface area (Å²) >= 11 is 5.69. The first-order valence-electron chi connectivity index (χ1n) is 4.87. The summed E-state index contributed by atoms with van der Waals surface area (Å²) in [6.07, 6.45) is -0.384. The van der Waals surface area contributed by atoms with Gasteiger partial charge >= 0.3 is 5.97 Å². The van der Waals surface area contributed by atoms with Crippen molar-refractivity contribution in [1.29, 1.82) is 0 Å². The third-order valence-corrected chi connectivity index (χ3v) is 3.28. The molecule has 0 saturated heterocycles. The highest BCUT2D eigenvalue weighted by Crippen LogP contribution is 2.53. The Morgan fingerprint density at radius 2 is 2.06 bits per heavy atom. The van der Waals surface area contributed by atoms with Crippen LogP contribution >= 0.6 is 11.6 Å². The lowest BCUT2D eigenvalue weighted by molar-refractivity contribution is -0.148. The van der Waals surface area contributed by atoms with Crippen molar-refractivity contribution in [1.82, 2.24) is 0 Å². The molecule has 1 aromatic rings. The van der Waals surface area contributed by atoms with Crippen molar-refractivity contribution in [2.75, 3.05) is 0 Å². The summed E-state index contributed by atoms with van der Waals surface area (Å²) in [5, 5.41) is 28.5. The highest BCUT2D eigenvalue weighted by atomic mass is 35.5. The lowest BCUT2D eigenvalue weighted by atomic mass is 9.89. The van der Waals surface area contributed by atoms with E-state index >= 15 is 0 Å². The van der Waals surface area contributed by atoms with Crippen molar-refractivity contribution in [3.05, 3.63) is 28.8 Å². The van der Waals surface area contributed by atoms with Crippen LogP contribution in [0.25, 0.3) is 0 Å². The van der Waals surface area contributed by atoms with Crippen molar-refractivity contribution < 1.29 is 20.1 Å². The standard InChI is InChI=1S/C11H11ClO4/c12-6-1-2-7(8(13)5-6)11(3-4-11)9(14)10(15)16/h1-2,5,9,13-14H,3-4H2,(H,15,16). The molecule has 0 aromatic heterocycles. The maximum absolute atomic E-state index is 10.8. The molecule has 2 rings (SSSR count). The summed E-state index contributed by atoms with van der Waals surface area (Å²) in [4.78, 5) is 10.8. The Morgan fingerprint density at radius 3 is 2.50 bits per heavy atom. The molecule has 3 N–H and O–H groups in total. The van der Waals surface area contributed by atoms with E-state index in [0.717, 1.165) is 0 Å². The summed E-state index contributed by atoms with van der Waals surface area (Å²) in [6, 6.07) is 4.49. The summed E-state index contributed by atoms with van der Waals surface area (Å²) in [5.74, 6) is -1.34. The molecule has 1 fully saturated rings. The predicted molar refractivity (Wildman–Crippen MR) is 57.7 cm³/mol. The maximum Gasteiger partial charge on any atom is 0.333 e. The SMILES string of the molecule is O=C(O)C(O)C1(c2ccc(Cl)cc2O)CC1. The zero-order valence-corrected chi connectivity index (χ0v) is 9.11.